The van der Waals surface area contributed by atoms with Gasteiger partial charge in [-0.3, -0.25) is 4.79 Å². The van der Waals surface area contributed by atoms with Gasteiger partial charge in [0.05, 0.1) is 12.7 Å². The normalized spacial score (nSPS) is 22.1. The molecule has 1 unspecified atom stereocenters. The van der Waals surface area contributed by atoms with Gasteiger partial charge in [0.15, 0.2) is 0 Å². The van der Waals surface area contributed by atoms with Crippen LogP contribution in [0.3, 0.4) is 0 Å². The Labute approximate surface area is 135 Å². The molecule has 3 nitrogen and oxygen atoms in total. The van der Waals surface area contributed by atoms with Crippen LogP contribution >= 0.6 is 0 Å². The molecule has 0 aromatic heterocycles. The fraction of sp³-hybridized carbons (Fsp3) is 0.947. The largest absolute Gasteiger partial charge is 0.467 e. The Morgan fingerprint density at radius 3 is 2.00 bits per heavy atom. The third-order valence-corrected chi connectivity index (χ3v) is 6.11. The maximum absolute atomic E-state index is 10.3. The fourth-order valence-electron chi connectivity index (χ4n) is 3.72. The molecule has 0 spiro atoms. The lowest BCUT2D eigenvalue weighted by molar-refractivity contribution is -0.130. The van der Waals surface area contributed by atoms with Gasteiger partial charge in [0.1, 0.15) is 0 Å². The molecule has 0 heterocycles. The number of rotatable bonds is 14. The van der Waals surface area contributed by atoms with Crippen molar-refractivity contribution in [1.29, 1.82) is 0 Å². The van der Waals surface area contributed by atoms with E-state index in [1.54, 1.807) is 0 Å². The number of carbonyl (C=O) groups is 1. The van der Waals surface area contributed by atoms with Crippen LogP contribution in [-0.2, 0) is 9.53 Å². The number of carbonyl (C=O) groups excluding carboxylic acids is 1. The molecule has 2 saturated carbocycles. The van der Waals surface area contributed by atoms with Gasteiger partial charge in [-0.15, -0.1) is 0 Å². The lowest BCUT2D eigenvalue weighted by Crippen LogP contribution is -2.11. The molecule has 0 saturated heterocycles. The van der Waals surface area contributed by atoms with Crippen molar-refractivity contribution in [2.24, 2.45) is 10.8 Å². The van der Waals surface area contributed by atoms with E-state index in [9.17, 15) is 9.90 Å². The third kappa shape index (κ3) is 5.91. The summed E-state index contributed by atoms with van der Waals surface area (Å²) in [4.78, 5) is 10.3. The predicted molar refractivity (Wildman–Crippen MR) is 88.6 cm³/mol. The van der Waals surface area contributed by atoms with Crippen molar-refractivity contribution in [3.05, 3.63) is 0 Å². The van der Waals surface area contributed by atoms with Crippen molar-refractivity contribution in [2.75, 3.05) is 6.61 Å². The number of hydrogen-bond donors (Lipinski definition) is 1. The highest BCUT2D eigenvalue weighted by Crippen LogP contribution is 2.52. The average molecular weight is 310 g/mol. The van der Waals surface area contributed by atoms with Crippen LogP contribution in [0.4, 0.5) is 0 Å². The Balaban J connectivity index is 1.42. The zero-order chi connectivity index (χ0) is 15.9. The minimum absolute atomic E-state index is 0.113. The number of unbranched alkanes of at least 4 members (excludes halogenated alkanes) is 2. The van der Waals surface area contributed by atoms with E-state index in [1.165, 1.54) is 51.4 Å². The molecule has 0 aliphatic heterocycles. The maximum atomic E-state index is 10.3. The first kappa shape index (κ1) is 17.8. The van der Waals surface area contributed by atoms with Gasteiger partial charge in [0.25, 0.3) is 6.47 Å². The van der Waals surface area contributed by atoms with E-state index >= 15 is 0 Å². The summed E-state index contributed by atoms with van der Waals surface area (Å²) < 4.78 is 4.92. The van der Waals surface area contributed by atoms with E-state index in [4.69, 9.17) is 4.74 Å². The second-order valence-corrected chi connectivity index (χ2v) is 7.91. The topological polar surface area (TPSA) is 46.5 Å². The third-order valence-electron chi connectivity index (χ3n) is 6.11. The van der Waals surface area contributed by atoms with Gasteiger partial charge in [-0.2, -0.15) is 0 Å². The first-order chi connectivity index (χ1) is 10.6. The van der Waals surface area contributed by atoms with Gasteiger partial charge in [-0.1, -0.05) is 39.0 Å². The second kappa shape index (κ2) is 8.33. The van der Waals surface area contributed by atoms with E-state index < -0.39 is 0 Å². The second-order valence-electron chi connectivity index (χ2n) is 7.91. The molecule has 2 rings (SSSR count). The van der Waals surface area contributed by atoms with Gasteiger partial charge in [-0.05, 0) is 56.8 Å². The molecule has 1 N–H and O–H groups in total. The van der Waals surface area contributed by atoms with Crippen LogP contribution < -0.4 is 0 Å². The standard InChI is InChI=1S/C19H34O3/c1-2-18(11-12-18)9-5-3-7-17(21)8-4-6-10-19(13-14-19)15-22-16-20/h16-17,21H,2-15H2,1H3. The SMILES string of the molecule is CCC1(CCCCC(O)CCCCC2(COC=O)CC2)CC1. The molecule has 2 aliphatic carbocycles. The monoisotopic (exact) mass is 310 g/mol. The fourth-order valence-corrected chi connectivity index (χ4v) is 3.72. The Morgan fingerprint density at radius 1 is 1.00 bits per heavy atom. The number of ether oxygens (including phenoxy) is 1. The zero-order valence-corrected chi connectivity index (χ0v) is 14.3. The van der Waals surface area contributed by atoms with Crippen LogP contribution in [0, 0.1) is 10.8 Å². The summed E-state index contributed by atoms with van der Waals surface area (Å²) in [6.07, 6.45) is 15.6. The van der Waals surface area contributed by atoms with E-state index in [1.807, 2.05) is 0 Å². The molecule has 128 valence electrons. The molecule has 0 bridgehead atoms. The van der Waals surface area contributed by atoms with Crippen molar-refractivity contribution >= 4 is 6.47 Å². The average Bonchev–Trinajstić information content (AvgIpc) is 3.43. The number of aliphatic hydroxyl groups excluding tert-OH is 1. The van der Waals surface area contributed by atoms with E-state index in [2.05, 4.69) is 6.92 Å². The van der Waals surface area contributed by atoms with Gasteiger partial charge in [0, 0.05) is 5.41 Å². The molecule has 0 amide bonds. The molecule has 0 radical (unpaired) electrons. The van der Waals surface area contributed by atoms with Crippen LogP contribution in [0.15, 0.2) is 0 Å². The van der Waals surface area contributed by atoms with Crippen molar-refractivity contribution < 1.29 is 14.6 Å². The number of hydrogen-bond acceptors (Lipinski definition) is 3. The molecular formula is C19H34O3. The first-order valence-corrected chi connectivity index (χ1v) is 9.37. The van der Waals surface area contributed by atoms with E-state index in [0.717, 1.165) is 32.1 Å². The molecular weight excluding hydrogens is 276 g/mol. The van der Waals surface area contributed by atoms with Gasteiger partial charge >= 0.3 is 0 Å². The lowest BCUT2D eigenvalue weighted by atomic mass is 9.94. The Kier molecular flexibility index (Phi) is 6.73. The minimum Gasteiger partial charge on any atom is -0.467 e. The van der Waals surface area contributed by atoms with Crippen LogP contribution in [0.1, 0.15) is 90.4 Å². The Morgan fingerprint density at radius 2 is 1.55 bits per heavy atom. The van der Waals surface area contributed by atoms with Crippen molar-refractivity contribution in [3.63, 3.8) is 0 Å². The summed E-state index contributed by atoms with van der Waals surface area (Å²) in [6.45, 7) is 3.47. The summed E-state index contributed by atoms with van der Waals surface area (Å²) in [5.41, 5.74) is 0.998. The van der Waals surface area contributed by atoms with Crippen molar-refractivity contribution in [2.45, 2.75) is 96.5 Å². The highest BCUT2D eigenvalue weighted by atomic mass is 16.5. The Hall–Kier alpha value is -0.570. The van der Waals surface area contributed by atoms with Gasteiger partial charge in [-0.25, -0.2) is 0 Å². The summed E-state index contributed by atoms with van der Waals surface area (Å²) in [6, 6.07) is 0. The van der Waals surface area contributed by atoms with Gasteiger partial charge in [0.2, 0.25) is 0 Å². The zero-order valence-electron chi connectivity index (χ0n) is 14.3. The van der Waals surface area contributed by atoms with Crippen LogP contribution in [0.25, 0.3) is 0 Å². The highest BCUT2D eigenvalue weighted by molar-refractivity contribution is 5.37. The first-order valence-electron chi connectivity index (χ1n) is 9.37. The number of aliphatic hydroxyl groups is 1. The molecule has 0 aromatic rings. The summed E-state index contributed by atoms with van der Waals surface area (Å²) >= 11 is 0. The summed E-state index contributed by atoms with van der Waals surface area (Å²) in [7, 11) is 0. The van der Waals surface area contributed by atoms with Crippen molar-refractivity contribution in [1.82, 2.24) is 0 Å². The Bertz CT molecular complexity index is 332. The van der Waals surface area contributed by atoms with Gasteiger partial charge < -0.3 is 9.84 Å². The molecule has 2 fully saturated rings. The summed E-state index contributed by atoms with van der Waals surface area (Å²) in [5.74, 6) is 0. The highest BCUT2D eigenvalue weighted by Gasteiger charge is 2.42. The predicted octanol–water partition coefficient (Wildman–Crippen LogP) is 4.61. The molecule has 3 heteroatoms. The van der Waals surface area contributed by atoms with Crippen molar-refractivity contribution in [3.8, 4) is 0 Å². The van der Waals surface area contributed by atoms with Crippen LogP contribution in [-0.4, -0.2) is 24.3 Å². The molecule has 1 atom stereocenters. The quantitative estimate of drug-likeness (QED) is 0.376. The lowest BCUT2D eigenvalue weighted by Gasteiger charge is -2.15. The van der Waals surface area contributed by atoms with Crippen LogP contribution in [0.5, 0.6) is 0 Å². The molecule has 22 heavy (non-hydrogen) atoms. The molecule has 2 aliphatic rings. The van der Waals surface area contributed by atoms with Crippen LogP contribution in [0.2, 0.25) is 0 Å². The van der Waals surface area contributed by atoms with E-state index in [0.29, 0.717) is 23.9 Å². The maximum Gasteiger partial charge on any atom is 0.293 e. The van der Waals surface area contributed by atoms with E-state index in [-0.39, 0.29) is 6.10 Å². The minimum atomic E-state index is -0.113. The smallest absolute Gasteiger partial charge is 0.293 e. The molecule has 0 aromatic carbocycles. The summed E-state index contributed by atoms with van der Waals surface area (Å²) in [5, 5.41) is 10.1.